The number of aromatic nitrogens is 2. The van der Waals surface area contributed by atoms with Crippen molar-refractivity contribution in [1.82, 2.24) is 10.2 Å². The second-order valence-electron chi connectivity index (χ2n) is 5.31. The maximum absolute atomic E-state index is 13.2. The summed E-state index contributed by atoms with van der Waals surface area (Å²) in [5.41, 5.74) is 0.499. The predicted octanol–water partition coefficient (Wildman–Crippen LogP) is 2.92. The summed E-state index contributed by atoms with van der Waals surface area (Å²) >= 11 is 0. The molecular weight excluding hydrogens is 361 g/mol. The van der Waals surface area contributed by atoms with Gasteiger partial charge in [0, 0.05) is 11.1 Å². The maximum atomic E-state index is 13.2. The summed E-state index contributed by atoms with van der Waals surface area (Å²) in [6.45, 7) is 1.52. The van der Waals surface area contributed by atoms with E-state index in [-0.39, 0.29) is 28.1 Å². The minimum absolute atomic E-state index is 0.0436. The normalized spacial score (nSPS) is 11.3. The van der Waals surface area contributed by atoms with Crippen LogP contribution < -0.4 is 5.32 Å². The molecule has 0 spiro atoms. The number of hydrogen-bond acceptors (Lipinski definition) is 6. The SMILES string of the molecule is CCS(=O)(=O)c1cccc(C(=O)Nc2nnc(-c3cccc(F)c3)o2)c1. The van der Waals surface area contributed by atoms with Crippen LogP contribution in [0, 0.1) is 5.82 Å². The first kappa shape index (κ1) is 17.7. The van der Waals surface area contributed by atoms with Crippen molar-refractivity contribution in [3.05, 3.63) is 59.9 Å². The molecule has 26 heavy (non-hydrogen) atoms. The van der Waals surface area contributed by atoms with Gasteiger partial charge in [0.15, 0.2) is 9.84 Å². The molecule has 134 valence electrons. The van der Waals surface area contributed by atoms with Gasteiger partial charge in [0.2, 0.25) is 5.89 Å². The first-order valence-electron chi connectivity index (χ1n) is 7.62. The molecule has 1 amide bonds. The summed E-state index contributed by atoms with van der Waals surface area (Å²) in [5.74, 6) is -1.09. The van der Waals surface area contributed by atoms with Gasteiger partial charge < -0.3 is 4.42 Å². The highest BCUT2D eigenvalue weighted by molar-refractivity contribution is 7.91. The maximum Gasteiger partial charge on any atom is 0.322 e. The average molecular weight is 375 g/mol. The van der Waals surface area contributed by atoms with Crippen LogP contribution in [0.2, 0.25) is 0 Å². The number of halogens is 1. The number of sulfone groups is 1. The lowest BCUT2D eigenvalue weighted by Crippen LogP contribution is -2.13. The van der Waals surface area contributed by atoms with E-state index in [4.69, 9.17) is 4.42 Å². The lowest BCUT2D eigenvalue weighted by Gasteiger charge is -2.04. The Morgan fingerprint density at radius 3 is 2.65 bits per heavy atom. The van der Waals surface area contributed by atoms with E-state index in [0.717, 1.165) is 0 Å². The third-order valence-corrected chi connectivity index (χ3v) is 5.28. The fourth-order valence-corrected chi connectivity index (χ4v) is 3.10. The Kier molecular flexibility index (Phi) is 4.81. The van der Waals surface area contributed by atoms with Crippen molar-refractivity contribution >= 4 is 21.8 Å². The van der Waals surface area contributed by atoms with Crippen LogP contribution >= 0.6 is 0 Å². The predicted molar refractivity (Wildman–Crippen MR) is 91.8 cm³/mol. The number of rotatable bonds is 5. The van der Waals surface area contributed by atoms with Gasteiger partial charge in [-0.25, -0.2) is 12.8 Å². The number of benzene rings is 2. The molecule has 0 saturated carbocycles. The molecule has 0 radical (unpaired) electrons. The van der Waals surface area contributed by atoms with Gasteiger partial charge in [-0.2, -0.15) is 0 Å². The zero-order valence-corrected chi connectivity index (χ0v) is 14.5. The molecule has 0 aliphatic heterocycles. The summed E-state index contributed by atoms with van der Waals surface area (Å²) in [6.07, 6.45) is 0. The number of hydrogen-bond donors (Lipinski definition) is 1. The summed E-state index contributed by atoms with van der Waals surface area (Å²) in [6, 6.07) is 11.0. The van der Waals surface area contributed by atoms with E-state index < -0.39 is 21.6 Å². The summed E-state index contributed by atoms with van der Waals surface area (Å²) in [5, 5.41) is 9.83. The van der Waals surface area contributed by atoms with E-state index in [1.54, 1.807) is 6.07 Å². The molecule has 3 aromatic rings. The minimum atomic E-state index is -3.43. The topological polar surface area (TPSA) is 102 Å². The Morgan fingerprint density at radius 2 is 1.92 bits per heavy atom. The van der Waals surface area contributed by atoms with Crippen LogP contribution in [0.1, 0.15) is 17.3 Å². The molecule has 3 rings (SSSR count). The van der Waals surface area contributed by atoms with Gasteiger partial charge in [-0.1, -0.05) is 24.2 Å². The second kappa shape index (κ2) is 7.04. The third-order valence-electron chi connectivity index (χ3n) is 3.55. The Balaban J connectivity index is 1.80. The van der Waals surface area contributed by atoms with E-state index in [0.29, 0.717) is 5.56 Å². The standard InChI is InChI=1S/C17H14FN3O4S/c1-2-26(23,24)14-8-4-5-11(10-14)15(22)19-17-21-20-16(25-17)12-6-3-7-13(18)9-12/h3-10H,2H2,1H3,(H,19,21,22). The van der Waals surface area contributed by atoms with Crippen LogP contribution in [0.4, 0.5) is 10.4 Å². The van der Waals surface area contributed by atoms with E-state index in [2.05, 4.69) is 15.5 Å². The molecule has 0 aliphatic carbocycles. The number of carbonyl (C=O) groups is 1. The zero-order chi connectivity index (χ0) is 18.7. The molecule has 9 heteroatoms. The molecule has 0 unspecified atom stereocenters. The monoisotopic (exact) mass is 375 g/mol. The van der Waals surface area contributed by atoms with Gasteiger partial charge >= 0.3 is 6.01 Å². The molecular formula is C17H14FN3O4S. The van der Waals surface area contributed by atoms with Gasteiger partial charge in [0.25, 0.3) is 5.91 Å². The van der Waals surface area contributed by atoms with E-state index in [1.165, 1.54) is 49.4 Å². The molecule has 0 bridgehead atoms. The smallest absolute Gasteiger partial charge is 0.322 e. The lowest BCUT2D eigenvalue weighted by atomic mass is 10.2. The minimum Gasteiger partial charge on any atom is -0.403 e. The Morgan fingerprint density at radius 1 is 1.15 bits per heavy atom. The number of nitrogens with zero attached hydrogens (tertiary/aromatic N) is 2. The van der Waals surface area contributed by atoms with Crippen molar-refractivity contribution in [3.8, 4) is 11.5 Å². The fourth-order valence-electron chi connectivity index (χ4n) is 2.18. The van der Waals surface area contributed by atoms with Crippen LogP contribution in [-0.2, 0) is 9.84 Å². The van der Waals surface area contributed by atoms with Gasteiger partial charge in [0.05, 0.1) is 10.6 Å². The highest BCUT2D eigenvalue weighted by atomic mass is 32.2. The van der Waals surface area contributed by atoms with Crippen molar-refractivity contribution in [1.29, 1.82) is 0 Å². The third kappa shape index (κ3) is 3.77. The first-order chi connectivity index (χ1) is 12.4. The molecule has 1 heterocycles. The number of nitrogens with one attached hydrogen (secondary N) is 1. The number of amides is 1. The van der Waals surface area contributed by atoms with E-state index in [9.17, 15) is 17.6 Å². The molecule has 0 fully saturated rings. The van der Waals surface area contributed by atoms with Crippen molar-refractivity contribution < 1.29 is 22.0 Å². The zero-order valence-electron chi connectivity index (χ0n) is 13.6. The lowest BCUT2D eigenvalue weighted by molar-refractivity contribution is 0.102. The van der Waals surface area contributed by atoms with Crippen LogP contribution in [0.5, 0.6) is 0 Å². The number of anilines is 1. The summed E-state index contributed by atoms with van der Waals surface area (Å²) in [4.78, 5) is 12.3. The van der Waals surface area contributed by atoms with Gasteiger partial charge in [-0.15, -0.1) is 5.10 Å². The molecule has 1 aromatic heterocycles. The summed E-state index contributed by atoms with van der Waals surface area (Å²) in [7, 11) is -3.43. The second-order valence-corrected chi connectivity index (χ2v) is 7.59. The highest BCUT2D eigenvalue weighted by Crippen LogP contribution is 2.21. The van der Waals surface area contributed by atoms with Crippen molar-refractivity contribution in [3.63, 3.8) is 0 Å². The van der Waals surface area contributed by atoms with Crippen molar-refractivity contribution in [2.75, 3.05) is 11.1 Å². The largest absolute Gasteiger partial charge is 0.403 e. The molecule has 0 atom stereocenters. The molecule has 0 saturated heterocycles. The van der Waals surface area contributed by atoms with Crippen LogP contribution in [0.3, 0.4) is 0 Å². The Bertz CT molecular complexity index is 1060. The first-order valence-corrected chi connectivity index (χ1v) is 9.28. The quantitative estimate of drug-likeness (QED) is 0.736. The average Bonchev–Trinajstić information content (AvgIpc) is 3.10. The van der Waals surface area contributed by atoms with Crippen molar-refractivity contribution in [2.24, 2.45) is 0 Å². The number of carbonyl (C=O) groups excluding carboxylic acids is 1. The van der Waals surface area contributed by atoms with Crippen LogP contribution in [0.25, 0.3) is 11.5 Å². The fraction of sp³-hybridized carbons (Fsp3) is 0.118. The van der Waals surface area contributed by atoms with Gasteiger partial charge in [-0.3, -0.25) is 10.1 Å². The molecule has 7 nitrogen and oxygen atoms in total. The Hall–Kier alpha value is -3.07. The van der Waals surface area contributed by atoms with Crippen LogP contribution in [-0.4, -0.2) is 30.3 Å². The molecule has 0 aliphatic rings. The van der Waals surface area contributed by atoms with Gasteiger partial charge in [-0.05, 0) is 36.4 Å². The van der Waals surface area contributed by atoms with Crippen LogP contribution in [0.15, 0.2) is 57.8 Å². The molecule has 1 N–H and O–H groups in total. The Labute approximate surface area is 148 Å². The summed E-state index contributed by atoms with van der Waals surface area (Å²) < 4.78 is 42.4. The highest BCUT2D eigenvalue weighted by Gasteiger charge is 2.16. The van der Waals surface area contributed by atoms with E-state index in [1.807, 2.05) is 0 Å². The molecule has 2 aromatic carbocycles. The van der Waals surface area contributed by atoms with Crippen molar-refractivity contribution in [2.45, 2.75) is 11.8 Å². The van der Waals surface area contributed by atoms with Gasteiger partial charge in [0.1, 0.15) is 5.82 Å². The van der Waals surface area contributed by atoms with E-state index >= 15 is 0 Å².